The number of halogens is 1. The summed E-state index contributed by atoms with van der Waals surface area (Å²) in [5.74, 6) is 0.853. The number of hydrogen-bond acceptors (Lipinski definition) is 3. The lowest BCUT2D eigenvalue weighted by Gasteiger charge is -2.34. The molecule has 108 valence electrons. The van der Waals surface area contributed by atoms with Crippen LogP contribution in [0.15, 0.2) is 22.7 Å². The zero-order valence-electron chi connectivity index (χ0n) is 12.3. The Morgan fingerprint density at radius 3 is 2.47 bits per heavy atom. The molecule has 0 heterocycles. The fraction of sp³-hybridized carbons (Fsp3) is 0.600. The molecule has 2 N–H and O–H groups in total. The molecular formula is C15H25BrN2O. The molecule has 19 heavy (non-hydrogen) atoms. The normalized spacial score (nSPS) is 13.1. The highest BCUT2D eigenvalue weighted by Crippen LogP contribution is 2.30. The average Bonchev–Trinajstić information content (AvgIpc) is 2.38. The quantitative estimate of drug-likeness (QED) is 0.831. The summed E-state index contributed by atoms with van der Waals surface area (Å²) in [4.78, 5) is 2.45. The van der Waals surface area contributed by atoms with Crippen LogP contribution in [0.4, 0.5) is 0 Å². The molecule has 4 heteroatoms. The van der Waals surface area contributed by atoms with Gasteiger partial charge in [0.25, 0.3) is 0 Å². The summed E-state index contributed by atoms with van der Waals surface area (Å²) >= 11 is 3.55. The SMILES string of the molecule is CCCN(C(C)C)C(CN)c1ccc(OC)c(Br)c1. The van der Waals surface area contributed by atoms with Crippen molar-refractivity contribution in [1.29, 1.82) is 0 Å². The Balaban J connectivity index is 3.04. The Kier molecular flexibility index (Phi) is 6.83. The first-order valence-corrected chi connectivity index (χ1v) is 7.63. The third kappa shape index (κ3) is 4.20. The minimum absolute atomic E-state index is 0.252. The third-order valence-electron chi connectivity index (χ3n) is 3.33. The lowest BCUT2D eigenvalue weighted by atomic mass is 10.0. The van der Waals surface area contributed by atoms with Gasteiger partial charge in [0, 0.05) is 18.6 Å². The Morgan fingerprint density at radius 2 is 2.05 bits per heavy atom. The van der Waals surface area contributed by atoms with Crippen molar-refractivity contribution < 1.29 is 4.74 Å². The maximum absolute atomic E-state index is 6.01. The number of nitrogens with zero attached hydrogens (tertiary/aromatic N) is 1. The number of hydrogen-bond donors (Lipinski definition) is 1. The molecule has 0 aliphatic carbocycles. The van der Waals surface area contributed by atoms with Crippen LogP contribution in [0.3, 0.4) is 0 Å². The summed E-state index contributed by atoms with van der Waals surface area (Å²) in [5.41, 5.74) is 7.24. The summed E-state index contributed by atoms with van der Waals surface area (Å²) in [6.07, 6.45) is 1.13. The van der Waals surface area contributed by atoms with E-state index in [1.54, 1.807) is 7.11 Å². The topological polar surface area (TPSA) is 38.5 Å². The molecule has 0 aromatic heterocycles. The molecule has 0 amide bonds. The van der Waals surface area contributed by atoms with Gasteiger partial charge in [-0.1, -0.05) is 13.0 Å². The summed E-state index contributed by atoms with van der Waals surface area (Å²) in [5, 5.41) is 0. The standard InChI is InChI=1S/C15H25BrN2O/c1-5-8-18(11(2)3)14(10-17)12-6-7-15(19-4)13(16)9-12/h6-7,9,11,14H,5,8,10,17H2,1-4H3. The van der Waals surface area contributed by atoms with Gasteiger partial charge in [-0.3, -0.25) is 4.90 Å². The Bertz CT molecular complexity index is 396. The van der Waals surface area contributed by atoms with E-state index in [4.69, 9.17) is 10.5 Å². The van der Waals surface area contributed by atoms with Crippen LogP contribution in [0.5, 0.6) is 5.75 Å². The molecular weight excluding hydrogens is 304 g/mol. The molecule has 1 atom stereocenters. The molecule has 0 aliphatic rings. The fourth-order valence-corrected chi connectivity index (χ4v) is 2.94. The lowest BCUT2D eigenvalue weighted by Crippen LogP contribution is -2.39. The van der Waals surface area contributed by atoms with E-state index in [9.17, 15) is 0 Å². The molecule has 0 spiro atoms. The van der Waals surface area contributed by atoms with Crippen LogP contribution in [0, 0.1) is 0 Å². The van der Waals surface area contributed by atoms with E-state index in [0.717, 1.165) is 23.2 Å². The zero-order chi connectivity index (χ0) is 14.4. The van der Waals surface area contributed by atoms with Gasteiger partial charge in [-0.25, -0.2) is 0 Å². The summed E-state index contributed by atoms with van der Waals surface area (Å²) in [6.45, 7) is 8.32. The summed E-state index contributed by atoms with van der Waals surface area (Å²) in [7, 11) is 1.68. The van der Waals surface area contributed by atoms with Crippen LogP contribution in [-0.2, 0) is 0 Å². The molecule has 0 fully saturated rings. The molecule has 0 saturated heterocycles. The number of rotatable bonds is 7. The van der Waals surface area contributed by atoms with Crippen molar-refractivity contribution in [3.05, 3.63) is 28.2 Å². The molecule has 0 saturated carbocycles. The summed E-state index contributed by atoms with van der Waals surface area (Å²) < 4.78 is 6.25. The first kappa shape index (κ1) is 16.5. The van der Waals surface area contributed by atoms with Gasteiger partial charge in [0.1, 0.15) is 5.75 Å². The van der Waals surface area contributed by atoms with Gasteiger partial charge in [0.05, 0.1) is 11.6 Å². The third-order valence-corrected chi connectivity index (χ3v) is 3.95. The minimum atomic E-state index is 0.252. The van der Waals surface area contributed by atoms with Gasteiger partial charge in [0.15, 0.2) is 0 Å². The second kappa shape index (κ2) is 7.88. The highest BCUT2D eigenvalue weighted by atomic mass is 79.9. The Morgan fingerprint density at radius 1 is 1.37 bits per heavy atom. The predicted octanol–water partition coefficient (Wildman–Crippen LogP) is 3.58. The molecule has 0 bridgehead atoms. The van der Waals surface area contributed by atoms with E-state index >= 15 is 0 Å². The van der Waals surface area contributed by atoms with E-state index in [1.165, 1.54) is 5.56 Å². The van der Waals surface area contributed by atoms with Gasteiger partial charge in [-0.05, 0) is 60.4 Å². The largest absolute Gasteiger partial charge is 0.496 e. The molecule has 1 aromatic rings. The van der Waals surface area contributed by atoms with Crippen LogP contribution < -0.4 is 10.5 Å². The van der Waals surface area contributed by atoms with Crippen molar-refractivity contribution in [2.45, 2.75) is 39.3 Å². The first-order chi connectivity index (χ1) is 9.04. The number of methoxy groups -OCH3 is 1. The summed E-state index contributed by atoms with van der Waals surface area (Å²) in [6, 6.07) is 6.94. The molecule has 1 rings (SSSR count). The van der Waals surface area contributed by atoms with E-state index in [0.29, 0.717) is 12.6 Å². The van der Waals surface area contributed by atoms with E-state index in [2.05, 4.69) is 53.7 Å². The van der Waals surface area contributed by atoms with Crippen LogP contribution in [-0.4, -0.2) is 31.1 Å². The van der Waals surface area contributed by atoms with Crippen LogP contribution in [0.1, 0.15) is 38.8 Å². The van der Waals surface area contributed by atoms with Crippen molar-refractivity contribution in [2.75, 3.05) is 20.2 Å². The minimum Gasteiger partial charge on any atom is -0.496 e. The van der Waals surface area contributed by atoms with Crippen LogP contribution in [0.25, 0.3) is 0 Å². The highest BCUT2D eigenvalue weighted by molar-refractivity contribution is 9.10. The number of ether oxygens (including phenoxy) is 1. The van der Waals surface area contributed by atoms with Crippen molar-refractivity contribution in [2.24, 2.45) is 5.73 Å². The maximum atomic E-state index is 6.01. The predicted molar refractivity (Wildman–Crippen MR) is 84.6 cm³/mol. The van der Waals surface area contributed by atoms with Crippen molar-refractivity contribution in [1.82, 2.24) is 4.90 Å². The average molecular weight is 329 g/mol. The zero-order valence-corrected chi connectivity index (χ0v) is 13.9. The molecule has 1 unspecified atom stereocenters. The molecule has 1 aromatic carbocycles. The monoisotopic (exact) mass is 328 g/mol. The van der Waals surface area contributed by atoms with Crippen molar-refractivity contribution >= 4 is 15.9 Å². The van der Waals surface area contributed by atoms with Crippen LogP contribution in [0.2, 0.25) is 0 Å². The molecule has 0 radical (unpaired) electrons. The highest BCUT2D eigenvalue weighted by Gasteiger charge is 2.21. The molecule has 0 aliphatic heterocycles. The van der Waals surface area contributed by atoms with E-state index in [1.807, 2.05) is 6.07 Å². The fourth-order valence-electron chi connectivity index (χ4n) is 2.38. The van der Waals surface area contributed by atoms with E-state index < -0.39 is 0 Å². The van der Waals surface area contributed by atoms with E-state index in [-0.39, 0.29) is 6.04 Å². The van der Waals surface area contributed by atoms with Crippen molar-refractivity contribution in [3.8, 4) is 5.75 Å². The number of nitrogens with two attached hydrogens (primary N) is 1. The lowest BCUT2D eigenvalue weighted by molar-refractivity contribution is 0.157. The maximum Gasteiger partial charge on any atom is 0.133 e. The first-order valence-electron chi connectivity index (χ1n) is 6.84. The van der Waals surface area contributed by atoms with Gasteiger partial charge in [-0.2, -0.15) is 0 Å². The Labute approximate surface area is 125 Å². The Hall–Kier alpha value is -0.580. The number of benzene rings is 1. The second-order valence-corrected chi connectivity index (χ2v) is 5.83. The molecule has 3 nitrogen and oxygen atoms in total. The second-order valence-electron chi connectivity index (χ2n) is 4.98. The van der Waals surface area contributed by atoms with Crippen LogP contribution >= 0.6 is 15.9 Å². The van der Waals surface area contributed by atoms with Crippen molar-refractivity contribution in [3.63, 3.8) is 0 Å². The van der Waals surface area contributed by atoms with Gasteiger partial charge < -0.3 is 10.5 Å². The van der Waals surface area contributed by atoms with Gasteiger partial charge >= 0.3 is 0 Å². The van der Waals surface area contributed by atoms with Gasteiger partial charge in [-0.15, -0.1) is 0 Å². The van der Waals surface area contributed by atoms with Gasteiger partial charge in [0.2, 0.25) is 0 Å². The smallest absolute Gasteiger partial charge is 0.133 e.